The van der Waals surface area contributed by atoms with Gasteiger partial charge < -0.3 is 10.2 Å². The standard InChI is InChI=1S/C16H24N2O2/c1-4-8-11(2)18-12(3)15(19)17-14(16(18)20)13-9-6-5-7-10-13/h1,11-14H,5-10H2,2-3H3,(H,17,19). The number of terminal acetylenes is 1. The number of rotatable bonds is 3. The SMILES string of the molecule is C#CCC(C)N1C(=O)C(C2CCCCC2)NC(=O)C1C. The second-order valence-electron chi connectivity index (χ2n) is 6.06. The third-order valence-corrected chi connectivity index (χ3v) is 4.62. The monoisotopic (exact) mass is 276 g/mol. The fourth-order valence-corrected chi connectivity index (χ4v) is 3.47. The summed E-state index contributed by atoms with van der Waals surface area (Å²) < 4.78 is 0. The third kappa shape index (κ3) is 2.82. The molecule has 0 aromatic carbocycles. The molecule has 1 aliphatic heterocycles. The quantitative estimate of drug-likeness (QED) is 0.798. The van der Waals surface area contributed by atoms with Crippen molar-refractivity contribution in [2.75, 3.05) is 0 Å². The van der Waals surface area contributed by atoms with Crippen LogP contribution < -0.4 is 5.32 Å². The zero-order chi connectivity index (χ0) is 14.7. The molecule has 4 nitrogen and oxygen atoms in total. The minimum atomic E-state index is -0.425. The molecule has 2 fully saturated rings. The van der Waals surface area contributed by atoms with Gasteiger partial charge in [0.25, 0.3) is 0 Å². The Morgan fingerprint density at radius 1 is 1.35 bits per heavy atom. The minimum Gasteiger partial charge on any atom is -0.342 e. The van der Waals surface area contributed by atoms with Gasteiger partial charge in [0.15, 0.2) is 0 Å². The topological polar surface area (TPSA) is 49.4 Å². The first-order valence-electron chi connectivity index (χ1n) is 7.62. The van der Waals surface area contributed by atoms with Gasteiger partial charge in [-0.05, 0) is 32.6 Å². The van der Waals surface area contributed by atoms with E-state index in [4.69, 9.17) is 6.42 Å². The Morgan fingerprint density at radius 2 is 2.00 bits per heavy atom. The van der Waals surface area contributed by atoms with Gasteiger partial charge in [0.05, 0.1) is 0 Å². The van der Waals surface area contributed by atoms with Crippen molar-refractivity contribution in [1.82, 2.24) is 10.2 Å². The van der Waals surface area contributed by atoms with Crippen LogP contribution in [0.2, 0.25) is 0 Å². The van der Waals surface area contributed by atoms with Crippen LogP contribution in [0.1, 0.15) is 52.4 Å². The van der Waals surface area contributed by atoms with E-state index in [1.165, 1.54) is 6.42 Å². The van der Waals surface area contributed by atoms with Gasteiger partial charge in [-0.2, -0.15) is 0 Å². The van der Waals surface area contributed by atoms with Crippen LogP contribution in [0.4, 0.5) is 0 Å². The van der Waals surface area contributed by atoms with E-state index in [0.717, 1.165) is 25.7 Å². The molecule has 0 bridgehead atoms. The Hall–Kier alpha value is -1.50. The van der Waals surface area contributed by atoms with Crippen LogP contribution in [0.5, 0.6) is 0 Å². The number of nitrogens with zero attached hydrogens (tertiary/aromatic N) is 1. The Labute approximate surface area is 121 Å². The molecular formula is C16H24N2O2. The molecule has 0 aromatic rings. The highest BCUT2D eigenvalue weighted by molar-refractivity contribution is 5.97. The molecule has 1 saturated heterocycles. The molecule has 0 aromatic heterocycles. The molecule has 2 rings (SSSR count). The van der Waals surface area contributed by atoms with E-state index in [-0.39, 0.29) is 29.8 Å². The van der Waals surface area contributed by atoms with Crippen molar-refractivity contribution in [1.29, 1.82) is 0 Å². The van der Waals surface area contributed by atoms with Crippen molar-refractivity contribution in [2.45, 2.75) is 70.5 Å². The first-order valence-corrected chi connectivity index (χ1v) is 7.62. The lowest BCUT2D eigenvalue weighted by molar-refractivity contribution is -0.153. The summed E-state index contributed by atoms with van der Waals surface area (Å²) in [6, 6.07) is -0.857. The molecule has 1 heterocycles. The van der Waals surface area contributed by atoms with Crippen LogP contribution in [-0.2, 0) is 9.59 Å². The molecule has 4 heteroatoms. The van der Waals surface area contributed by atoms with Crippen molar-refractivity contribution in [3.63, 3.8) is 0 Å². The van der Waals surface area contributed by atoms with Crippen molar-refractivity contribution < 1.29 is 9.59 Å². The van der Waals surface area contributed by atoms with Crippen molar-refractivity contribution in [3.8, 4) is 12.3 Å². The highest BCUT2D eigenvalue weighted by Gasteiger charge is 2.43. The highest BCUT2D eigenvalue weighted by atomic mass is 16.2. The number of piperazine rings is 1. The second kappa shape index (κ2) is 6.30. The maximum Gasteiger partial charge on any atom is 0.246 e. The summed E-state index contributed by atoms with van der Waals surface area (Å²) in [6.07, 6.45) is 11.4. The molecule has 1 N–H and O–H groups in total. The van der Waals surface area contributed by atoms with E-state index in [1.54, 1.807) is 11.8 Å². The maximum atomic E-state index is 12.7. The van der Waals surface area contributed by atoms with Crippen LogP contribution in [-0.4, -0.2) is 34.8 Å². The zero-order valence-corrected chi connectivity index (χ0v) is 12.4. The molecule has 3 atom stereocenters. The molecule has 3 unspecified atom stereocenters. The summed E-state index contributed by atoms with van der Waals surface area (Å²) in [7, 11) is 0. The Morgan fingerprint density at radius 3 is 2.60 bits per heavy atom. The molecule has 0 spiro atoms. The molecule has 0 radical (unpaired) electrons. The lowest BCUT2D eigenvalue weighted by atomic mass is 9.82. The summed E-state index contributed by atoms with van der Waals surface area (Å²) in [5.74, 6) is 2.87. The van der Waals surface area contributed by atoms with Crippen LogP contribution in [0.3, 0.4) is 0 Å². The molecule has 110 valence electrons. The van der Waals surface area contributed by atoms with Crippen LogP contribution in [0.25, 0.3) is 0 Å². The van der Waals surface area contributed by atoms with Gasteiger partial charge in [-0.15, -0.1) is 12.3 Å². The fourth-order valence-electron chi connectivity index (χ4n) is 3.47. The van der Waals surface area contributed by atoms with Crippen LogP contribution >= 0.6 is 0 Å². The van der Waals surface area contributed by atoms with E-state index in [9.17, 15) is 9.59 Å². The fraction of sp³-hybridized carbons (Fsp3) is 0.750. The van der Waals surface area contributed by atoms with E-state index in [2.05, 4.69) is 11.2 Å². The number of amides is 2. The van der Waals surface area contributed by atoms with Crippen molar-refractivity contribution in [3.05, 3.63) is 0 Å². The van der Waals surface area contributed by atoms with Gasteiger partial charge in [0, 0.05) is 12.5 Å². The Bertz CT molecular complexity index is 421. The summed E-state index contributed by atoms with van der Waals surface area (Å²) in [4.78, 5) is 26.6. The summed E-state index contributed by atoms with van der Waals surface area (Å²) in [5.41, 5.74) is 0. The molecule has 2 aliphatic rings. The average Bonchev–Trinajstić information content (AvgIpc) is 2.44. The van der Waals surface area contributed by atoms with Crippen LogP contribution in [0, 0.1) is 18.3 Å². The normalized spacial score (nSPS) is 29.8. The predicted molar refractivity (Wildman–Crippen MR) is 77.7 cm³/mol. The lowest BCUT2D eigenvalue weighted by Crippen LogP contribution is -2.66. The average molecular weight is 276 g/mol. The number of nitrogens with one attached hydrogen (secondary N) is 1. The van der Waals surface area contributed by atoms with Gasteiger partial charge in [0.1, 0.15) is 12.1 Å². The number of carbonyl (C=O) groups excluding carboxylic acids is 2. The summed E-state index contributed by atoms with van der Waals surface area (Å²) >= 11 is 0. The molecule has 20 heavy (non-hydrogen) atoms. The predicted octanol–water partition coefficient (Wildman–Crippen LogP) is 1.69. The maximum absolute atomic E-state index is 12.7. The summed E-state index contributed by atoms with van der Waals surface area (Å²) in [6.45, 7) is 3.70. The van der Waals surface area contributed by atoms with E-state index in [0.29, 0.717) is 6.42 Å². The molecule has 2 amide bonds. The Kier molecular flexibility index (Phi) is 4.69. The minimum absolute atomic E-state index is 0.0479. The van der Waals surface area contributed by atoms with Gasteiger partial charge in [-0.3, -0.25) is 9.59 Å². The first kappa shape index (κ1) is 14.9. The van der Waals surface area contributed by atoms with E-state index >= 15 is 0 Å². The summed E-state index contributed by atoms with van der Waals surface area (Å²) in [5, 5.41) is 2.93. The number of hydrogen-bond acceptors (Lipinski definition) is 2. The smallest absolute Gasteiger partial charge is 0.246 e. The second-order valence-corrected chi connectivity index (χ2v) is 6.06. The molecular weight excluding hydrogens is 252 g/mol. The molecule has 1 aliphatic carbocycles. The van der Waals surface area contributed by atoms with E-state index < -0.39 is 6.04 Å². The van der Waals surface area contributed by atoms with Gasteiger partial charge in [0.2, 0.25) is 11.8 Å². The number of hydrogen-bond donors (Lipinski definition) is 1. The van der Waals surface area contributed by atoms with Crippen LogP contribution in [0.15, 0.2) is 0 Å². The third-order valence-electron chi connectivity index (χ3n) is 4.62. The van der Waals surface area contributed by atoms with E-state index in [1.807, 2.05) is 6.92 Å². The lowest BCUT2D eigenvalue weighted by Gasteiger charge is -2.43. The van der Waals surface area contributed by atoms with Crippen molar-refractivity contribution in [2.24, 2.45) is 5.92 Å². The zero-order valence-electron chi connectivity index (χ0n) is 12.4. The number of carbonyl (C=O) groups is 2. The van der Waals surface area contributed by atoms with Gasteiger partial charge in [-0.1, -0.05) is 19.3 Å². The highest BCUT2D eigenvalue weighted by Crippen LogP contribution is 2.30. The van der Waals surface area contributed by atoms with Crippen molar-refractivity contribution >= 4 is 11.8 Å². The Balaban J connectivity index is 2.16. The first-order chi connectivity index (χ1) is 9.56. The molecule has 1 saturated carbocycles. The largest absolute Gasteiger partial charge is 0.342 e. The van der Waals surface area contributed by atoms with Gasteiger partial charge >= 0.3 is 0 Å². The van der Waals surface area contributed by atoms with Gasteiger partial charge in [-0.25, -0.2) is 0 Å².